The molecule has 1 atom stereocenters. The van der Waals surface area contributed by atoms with Crippen LogP contribution in [0.4, 0.5) is 13.2 Å². The third-order valence-electron chi connectivity index (χ3n) is 2.78. The SMILES string of the molecule is Fc1ccc(F)c(C2CCCNC2)c1F. The van der Waals surface area contributed by atoms with Gasteiger partial charge in [-0.2, -0.15) is 0 Å². The molecule has 0 radical (unpaired) electrons. The monoisotopic (exact) mass is 215 g/mol. The Labute approximate surface area is 86.3 Å². The van der Waals surface area contributed by atoms with E-state index in [9.17, 15) is 13.2 Å². The number of hydrogen-bond acceptors (Lipinski definition) is 1. The zero-order valence-corrected chi connectivity index (χ0v) is 8.19. The average Bonchev–Trinajstić information content (AvgIpc) is 2.26. The third-order valence-corrected chi connectivity index (χ3v) is 2.78. The average molecular weight is 215 g/mol. The molecule has 1 aromatic carbocycles. The van der Waals surface area contributed by atoms with Crippen molar-refractivity contribution in [3.05, 3.63) is 35.1 Å². The minimum Gasteiger partial charge on any atom is -0.316 e. The number of hydrogen-bond donors (Lipinski definition) is 1. The molecule has 1 N–H and O–H groups in total. The molecule has 1 aromatic rings. The van der Waals surface area contributed by atoms with Crippen molar-refractivity contribution in [1.82, 2.24) is 5.32 Å². The molecule has 0 aromatic heterocycles. The van der Waals surface area contributed by atoms with Gasteiger partial charge in [0.15, 0.2) is 11.6 Å². The number of piperidine rings is 1. The summed E-state index contributed by atoms with van der Waals surface area (Å²) in [5.41, 5.74) is -0.109. The maximum absolute atomic E-state index is 13.4. The van der Waals surface area contributed by atoms with Gasteiger partial charge in [-0.15, -0.1) is 0 Å². The second-order valence-electron chi connectivity index (χ2n) is 3.80. The molecule has 1 saturated heterocycles. The van der Waals surface area contributed by atoms with Crippen LogP contribution >= 0.6 is 0 Å². The Balaban J connectivity index is 2.36. The van der Waals surface area contributed by atoms with Crippen LogP contribution in [-0.2, 0) is 0 Å². The topological polar surface area (TPSA) is 12.0 Å². The molecule has 2 rings (SSSR count). The van der Waals surface area contributed by atoms with Crippen molar-refractivity contribution >= 4 is 0 Å². The van der Waals surface area contributed by atoms with Gasteiger partial charge in [-0.25, -0.2) is 13.2 Å². The zero-order chi connectivity index (χ0) is 10.8. The molecule has 1 fully saturated rings. The lowest BCUT2D eigenvalue weighted by Crippen LogP contribution is -2.29. The van der Waals surface area contributed by atoms with Gasteiger partial charge < -0.3 is 5.32 Å². The summed E-state index contributed by atoms with van der Waals surface area (Å²) in [5.74, 6) is -2.92. The van der Waals surface area contributed by atoms with Crippen molar-refractivity contribution in [3.8, 4) is 0 Å². The summed E-state index contributed by atoms with van der Waals surface area (Å²) < 4.78 is 39.7. The Morgan fingerprint density at radius 2 is 1.87 bits per heavy atom. The van der Waals surface area contributed by atoms with Gasteiger partial charge in [0, 0.05) is 18.0 Å². The maximum atomic E-state index is 13.4. The molecule has 0 bridgehead atoms. The van der Waals surface area contributed by atoms with E-state index in [0.717, 1.165) is 25.1 Å². The van der Waals surface area contributed by atoms with Gasteiger partial charge in [0.25, 0.3) is 0 Å². The molecule has 1 aliphatic rings. The minimum atomic E-state index is -1.04. The molecule has 1 aliphatic heterocycles. The van der Waals surface area contributed by atoms with Gasteiger partial charge in [0.1, 0.15) is 5.82 Å². The van der Waals surface area contributed by atoms with Crippen LogP contribution in [-0.4, -0.2) is 13.1 Å². The quantitative estimate of drug-likeness (QED) is 0.710. The zero-order valence-electron chi connectivity index (χ0n) is 8.19. The van der Waals surface area contributed by atoms with Crippen molar-refractivity contribution in [2.24, 2.45) is 0 Å². The van der Waals surface area contributed by atoms with Gasteiger partial charge in [0.05, 0.1) is 0 Å². The summed E-state index contributed by atoms with van der Waals surface area (Å²) in [6.07, 6.45) is 1.56. The van der Waals surface area contributed by atoms with E-state index < -0.39 is 17.5 Å². The Hall–Kier alpha value is -1.03. The van der Waals surface area contributed by atoms with Gasteiger partial charge in [-0.05, 0) is 31.5 Å². The van der Waals surface area contributed by atoms with Crippen LogP contribution < -0.4 is 5.32 Å². The van der Waals surface area contributed by atoms with E-state index in [0.29, 0.717) is 13.0 Å². The lowest BCUT2D eigenvalue weighted by Gasteiger charge is -2.23. The molecule has 1 heterocycles. The fourth-order valence-corrected chi connectivity index (χ4v) is 2.02. The van der Waals surface area contributed by atoms with Crippen molar-refractivity contribution in [1.29, 1.82) is 0 Å². The van der Waals surface area contributed by atoms with Gasteiger partial charge in [-0.1, -0.05) is 0 Å². The summed E-state index contributed by atoms with van der Waals surface area (Å²) in [5, 5.41) is 3.05. The van der Waals surface area contributed by atoms with Crippen LogP contribution in [0, 0.1) is 17.5 Å². The Morgan fingerprint density at radius 3 is 2.53 bits per heavy atom. The minimum absolute atomic E-state index is 0.109. The van der Waals surface area contributed by atoms with E-state index in [1.165, 1.54) is 0 Å². The number of halogens is 3. The molecular formula is C11H12F3N. The first-order valence-electron chi connectivity index (χ1n) is 5.04. The number of rotatable bonds is 1. The van der Waals surface area contributed by atoms with Gasteiger partial charge in [-0.3, -0.25) is 0 Å². The molecule has 0 amide bonds. The fraction of sp³-hybridized carbons (Fsp3) is 0.455. The largest absolute Gasteiger partial charge is 0.316 e. The summed E-state index contributed by atoms with van der Waals surface area (Å²) in [6.45, 7) is 1.37. The predicted octanol–water partition coefficient (Wildman–Crippen LogP) is 2.57. The fourth-order valence-electron chi connectivity index (χ4n) is 2.02. The molecule has 4 heteroatoms. The Bertz CT molecular complexity index is 359. The molecule has 1 nitrogen and oxygen atoms in total. The van der Waals surface area contributed by atoms with Gasteiger partial charge >= 0.3 is 0 Å². The second-order valence-corrected chi connectivity index (χ2v) is 3.80. The summed E-state index contributed by atoms with van der Waals surface area (Å²) in [7, 11) is 0. The van der Waals surface area contributed by atoms with E-state index in [1.54, 1.807) is 0 Å². The number of nitrogens with one attached hydrogen (secondary N) is 1. The Morgan fingerprint density at radius 1 is 1.13 bits per heavy atom. The maximum Gasteiger partial charge on any atom is 0.165 e. The molecule has 0 aliphatic carbocycles. The van der Waals surface area contributed by atoms with E-state index in [4.69, 9.17) is 0 Å². The lowest BCUT2D eigenvalue weighted by molar-refractivity contribution is 0.411. The summed E-state index contributed by atoms with van der Waals surface area (Å²) >= 11 is 0. The third kappa shape index (κ3) is 2.00. The highest BCUT2D eigenvalue weighted by Crippen LogP contribution is 2.29. The first-order chi connectivity index (χ1) is 7.20. The van der Waals surface area contributed by atoms with Crippen molar-refractivity contribution in [2.45, 2.75) is 18.8 Å². The highest BCUT2D eigenvalue weighted by molar-refractivity contribution is 5.25. The van der Waals surface area contributed by atoms with E-state index in [-0.39, 0.29) is 11.5 Å². The molecule has 1 unspecified atom stereocenters. The van der Waals surface area contributed by atoms with E-state index >= 15 is 0 Å². The first kappa shape index (κ1) is 10.5. The van der Waals surface area contributed by atoms with Crippen LogP contribution in [0.3, 0.4) is 0 Å². The van der Waals surface area contributed by atoms with Crippen LogP contribution in [0.5, 0.6) is 0 Å². The Kier molecular flexibility index (Phi) is 2.95. The first-order valence-corrected chi connectivity index (χ1v) is 5.04. The second kappa shape index (κ2) is 4.23. The molecule has 0 spiro atoms. The molecule has 15 heavy (non-hydrogen) atoms. The number of benzene rings is 1. The van der Waals surface area contributed by atoms with E-state index in [2.05, 4.69) is 5.32 Å². The molecule has 82 valence electrons. The highest BCUT2D eigenvalue weighted by Gasteiger charge is 2.24. The van der Waals surface area contributed by atoms with Crippen LogP contribution in [0.15, 0.2) is 12.1 Å². The van der Waals surface area contributed by atoms with Crippen molar-refractivity contribution in [2.75, 3.05) is 13.1 Å². The standard InChI is InChI=1S/C11H12F3N/c12-8-3-4-9(13)11(14)10(8)7-2-1-5-15-6-7/h3-4,7,15H,1-2,5-6H2. The highest BCUT2D eigenvalue weighted by atomic mass is 19.2. The van der Waals surface area contributed by atoms with Gasteiger partial charge in [0.2, 0.25) is 0 Å². The predicted molar refractivity (Wildman–Crippen MR) is 51.2 cm³/mol. The van der Waals surface area contributed by atoms with Crippen LogP contribution in [0.1, 0.15) is 24.3 Å². The molecular weight excluding hydrogens is 203 g/mol. The van der Waals surface area contributed by atoms with Crippen molar-refractivity contribution in [3.63, 3.8) is 0 Å². The van der Waals surface area contributed by atoms with Crippen molar-refractivity contribution < 1.29 is 13.2 Å². The molecule has 0 saturated carbocycles. The van der Waals surface area contributed by atoms with Crippen LogP contribution in [0.2, 0.25) is 0 Å². The summed E-state index contributed by atoms with van der Waals surface area (Å²) in [6, 6.07) is 1.81. The lowest BCUT2D eigenvalue weighted by atomic mass is 9.91. The summed E-state index contributed by atoms with van der Waals surface area (Å²) in [4.78, 5) is 0. The smallest absolute Gasteiger partial charge is 0.165 e. The van der Waals surface area contributed by atoms with E-state index in [1.807, 2.05) is 0 Å². The normalized spacial score (nSPS) is 21.7. The van der Waals surface area contributed by atoms with Crippen LogP contribution in [0.25, 0.3) is 0 Å².